The molecule has 0 aromatic heterocycles. The Morgan fingerprint density at radius 3 is 2.58 bits per heavy atom. The van der Waals surface area contributed by atoms with E-state index in [1.165, 1.54) is 16.7 Å². The summed E-state index contributed by atoms with van der Waals surface area (Å²) in [5.74, 6) is -0.127. The molecule has 2 amide bonds. The molecule has 0 radical (unpaired) electrons. The van der Waals surface area contributed by atoms with Crippen LogP contribution < -0.4 is 15.0 Å². The Labute approximate surface area is 219 Å². The second-order valence-electron chi connectivity index (χ2n) is 8.33. The minimum atomic E-state index is -0.628. The molecule has 8 heteroatoms. The van der Waals surface area contributed by atoms with E-state index in [1.54, 1.807) is 31.4 Å². The first-order valence-corrected chi connectivity index (χ1v) is 12.5. The van der Waals surface area contributed by atoms with Gasteiger partial charge in [0, 0.05) is 5.69 Å². The number of carbonyl (C=O) groups excluding carboxylic acids is 2. The van der Waals surface area contributed by atoms with Gasteiger partial charge in [-0.2, -0.15) is 5.26 Å². The van der Waals surface area contributed by atoms with Crippen LogP contribution in [0.1, 0.15) is 16.7 Å². The molecule has 1 aliphatic rings. The van der Waals surface area contributed by atoms with Gasteiger partial charge in [-0.15, -0.1) is 0 Å². The van der Waals surface area contributed by atoms with E-state index in [-0.39, 0.29) is 11.5 Å². The smallest absolute Gasteiger partial charge is 0.269 e. The Bertz CT molecular complexity index is 1410. The third-order valence-electron chi connectivity index (χ3n) is 5.93. The van der Waals surface area contributed by atoms with Gasteiger partial charge in [0.05, 0.1) is 23.1 Å². The van der Waals surface area contributed by atoms with Gasteiger partial charge in [0.15, 0.2) is 0 Å². The van der Waals surface area contributed by atoms with Crippen LogP contribution in [-0.2, 0) is 16.0 Å². The van der Waals surface area contributed by atoms with Gasteiger partial charge in [0.1, 0.15) is 22.4 Å². The van der Waals surface area contributed by atoms with E-state index in [0.717, 1.165) is 16.7 Å². The lowest BCUT2D eigenvalue weighted by molar-refractivity contribution is -0.117. The van der Waals surface area contributed by atoms with E-state index in [0.29, 0.717) is 33.6 Å². The molecule has 1 heterocycles. The number of halogens is 1. The first kappa shape index (κ1) is 25.4. The summed E-state index contributed by atoms with van der Waals surface area (Å²) < 4.78 is 5.32. The largest absolute Gasteiger partial charge is 0.497 e. The molecule has 182 valence electrons. The highest BCUT2D eigenvalue weighted by Gasteiger charge is 2.41. The summed E-state index contributed by atoms with van der Waals surface area (Å²) in [5, 5.41) is 12.9. The molecule has 1 atom stereocenters. The molecule has 4 rings (SSSR count). The van der Waals surface area contributed by atoms with Crippen molar-refractivity contribution < 1.29 is 14.3 Å². The second-order valence-corrected chi connectivity index (χ2v) is 9.93. The van der Waals surface area contributed by atoms with Crippen LogP contribution in [0.25, 0.3) is 0 Å². The Morgan fingerprint density at radius 2 is 1.89 bits per heavy atom. The van der Waals surface area contributed by atoms with Gasteiger partial charge in [0.2, 0.25) is 5.91 Å². The summed E-state index contributed by atoms with van der Waals surface area (Å²) in [6.45, 7) is 3.94. The quantitative estimate of drug-likeness (QED) is 0.319. The molecule has 1 aliphatic heterocycles. The lowest BCUT2D eigenvalue weighted by Gasteiger charge is -2.20. The van der Waals surface area contributed by atoms with Crippen LogP contribution in [0.2, 0.25) is 5.02 Å². The maximum absolute atomic E-state index is 13.7. The number of aryl methyl sites for hydroxylation is 2. The summed E-state index contributed by atoms with van der Waals surface area (Å²) in [6.07, 6.45) is 0.413. The van der Waals surface area contributed by atoms with Crippen molar-refractivity contribution >= 4 is 46.6 Å². The number of nitrogens with one attached hydrogen (secondary N) is 1. The molecule has 1 N–H and O–H groups in total. The highest BCUT2D eigenvalue weighted by atomic mass is 35.5. The molecule has 0 bridgehead atoms. The second kappa shape index (κ2) is 10.9. The van der Waals surface area contributed by atoms with Crippen molar-refractivity contribution in [1.29, 1.82) is 5.26 Å². The van der Waals surface area contributed by atoms with Crippen LogP contribution in [0.4, 0.5) is 11.4 Å². The van der Waals surface area contributed by atoms with Gasteiger partial charge in [0.25, 0.3) is 5.91 Å². The number of benzene rings is 3. The van der Waals surface area contributed by atoms with Crippen LogP contribution in [0.3, 0.4) is 0 Å². The number of ether oxygens (including phenoxy) is 1. The molecule has 0 spiro atoms. The molecule has 0 unspecified atom stereocenters. The zero-order valence-corrected chi connectivity index (χ0v) is 21.6. The van der Waals surface area contributed by atoms with E-state index in [4.69, 9.17) is 16.3 Å². The summed E-state index contributed by atoms with van der Waals surface area (Å²) >= 11 is 7.42. The number of nitriles is 1. The number of amides is 2. The Morgan fingerprint density at radius 1 is 1.11 bits per heavy atom. The van der Waals surface area contributed by atoms with Crippen molar-refractivity contribution in [3.8, 4) is 11.8 Å². The van der Waals surface area contributed by atoms with E-state index >= 15 is 0 Å². The number of para-hydroxylation sites is 1. The molecule has 1 saturated heterocycles. The molecule has 36 heavy (non-hydrogen) atoms. The molecule has 3 aromatic carbocycles. The topological polar surface area (TPSA) is 82.4 Å². The SMILES string of the molecule is COc1cccc(C[C@@H]2S/C(=C(/C#N)C(=O)Nc3ccccc3Cl)N(c3ccc(C)c(C)c3)C2=O)c1. The third-order valence-corrected chi connectivity index (χ3v) is 7.52. The molecular weight excluding hydrogens is 494 g/mol. The van der Waals surface area contributed by atoms with E-state index < -0.39 is 11.2 Å². The van der Waals surface area contributed by atoms with Crippen LogP contribution in [0.5, 0.6) is 5.75 Å². The van der Waals surface area contributed by atoms with Crippen molar-refractivity contribution in [2.75, 3.05) is 17.3 Å². The Hall–Kier alpha value is -3.73. The average Bonchev–Trinajstić information content (AvgIpc) is 3.18. The zero-order valence-electron chi connectivity index (χ0n) is 20.0. The van der Waals surface area contributed by atoms with Crippen molar-refractivity contribution in [2.45, 2.75) is 25.5 Å². The molecular formula is C28H24ClN3O3S. The number of nitrogens with zero attached hydrogens (tertiary/aromatic N) is 2. The number of anilines is 2. The van der Waals surface area contributed by atoms with Gasteiger partial charge >= 0.3 is 0 Å². The zero-order chi connectivity index (χ0) is 25.8. The number of hydrogen-bond donors (Lipinski definition) is 1. The third kappa shape index (κ3) is 5.25. The highest BCUT2D eigenvalue weighted by molar-refractivity contribution is 8.05. The summed E-state index contributed by atoms with van der Waals surface area (Å²) in [4.78, 5) is 28.4. The molecule has 3 aromatic rings. The van der Waals surface area contributed by atoms with E-state index in [2.05, 4.69) is 5.32 Å². The van der Waals surface area contributed by atoms with Gasteiger partial charge in [-0.3, -0.25) is 14.5 Å². The molecule has 0 saturated carbocycles. The van der Waals surface area contributed by atoms with Crippen LogP contribution in [0.15, 0.2) is 77.3 Å². The fourth-order valence-corrected chi connectivity index (χ4v) is 5.34. The van der Waals surface area contributed by atoms with Crippen LogP contribution in [0, 0.1) is 25.2 Å². The van der Waals surface area contributed by atoms with Gasteiger partial charge in [-0.05, 0) is 73.4 Å². The molecule has 0 aliphatic carbocycles. The Kier molecular flexibility index (Phi) is 7.68. The van der Waals surface area contributed by atoms with Gasteiger partial charge in [-0.1, -0.05) is 53.7 Å². The van der Waals surface area contributed by atoms with Crippen molar-refractivity contribution in [1.82, 2.24) is 0 Å². The number of hydrogen-bond acceptors (Lipinski definition) is 5. The highest BCUT2D eigenvalue weighted by Crippen LogP contribution is 2.42. The number of thioether (sulfide) groups is 1. The summed E-state index contributed by atoms with van der Waals surface area (Å²) in [5.41, 5.74) is 3.84. The Balaban J connectivity index is 1.76. The predicted octanol–water partition coefficient (Wildman–Crippen LogP) is 6.03. The summed E-state index contributed by atoms with van der Waals surface area (Å²) in [7, 11) is 1.59. The molecule has 1 fully saturated rings. The van der Waals surface area contributed by atoms with Gasteiger partial charge < -0.3 is 10.1 Å². The fourth-order valence-electron chi connectivity index (χ4n) is 3.85. The normalized spacial score (nSPS) is 16.5. The average molecular weight is 518 g/mol. The standard InChI is InChI=1S/C28H24ClN3O3S/c1-17-11-12-20(13-18(17)2)32-27(34)25(15-19-7-6-8-21(14-19)35-3)36-28(32)22(16-30)26(33)31-24-10-5-4-9-23(24)29/h4-14,25H,15H2,1-3H3,(H,31,33)/b28-22-/t25-/m0/s1. The lowest BCUT2D eigenvalue weighted by Crippen LogP contribution is -2.31. The van der Waals surface area contributed by atoms with Gasteiger partial charge in [-0.25, -0.2) is 0 Å². The first-order chi connectivity index (χ1) is 17.3. The van der Waals surface area contributed by atoms with Crippen LogP contribution >= 0.6 is 23.4 Å². The minimum Gasteiger partial charge on any atom is -0.497 e. The van der Waals surface area contributed by atoms with Crippen molar-refractivity contribution in [3.63, 3.8) is 0 Å². The van der Waals surface area contributed by atoms with E-state index in [1.807, 2.05) is 62.4 Å². The maximum atomic E-state index is 13.7. The maximum Gasteiger partial charge on any atom is 0.269 e. The molecule has 6 nitrogen and oxygen atoms in total. The number of rotatable bonds is 6. The summed E-state index contributed by atoms with van der Waals surface area (Å²) in [6, 6.07) is 22.0. The van der Waals surface area contributed by atoms with E-state index in [9.17, 15) is 14.9 Å². The van der Waals surface area contributed by atoms with Crippen molar-refractivity contribution in [2.24, 2.45) is 0 Å². The van der Waals surface area contributed by atoms with Crippen LogP contribution in [-0.4, -0.2) is 24.2 Å². The number of methoxy groups -OCH3 is 1. The predicted molar refractivity (Wildman–Crippen MR) is 144 cm³/mol. The number of carbonyl (C=O) groups is 2. The first-order valence-electron chi connectivity index (χ1n) is 11.2. The van der Waals surface area contributed by atoms with Crippen molar-refractivity contribution in [3.05, 3.63) is 99.0 Å². The monoisotopic (exact) mass is 517 g/mol. The fraction of sp³-hybridized carbons (Fsp3) is 0.179. The lowest BCUT2D eigenvalue weighted by atomic mass is 10.1. The minimum absolute atomic E-state index is 0.153.